The van der Waals surface area contributed by atoms with Crippen LogP contribution in [0.4, 0.5) is 0 Å². The molecular weight excluding hydrogens is 282 g/mol. The maximum absolute atomic E-state index is 12.6. The molecule has 0 aliphatic carbocycles. The first-order valence-corrected chi connectivity index (χ1v) is 7.83. The first-order valence-electron chi connectivity index (χ1n) is 5.40. The zero-order valence-corrected chi connectivity index (χ0v) is 11.5. The molecule has 0 saturated heterocycles. The number of hydrogen-bond donors (Lipinski definition) is 0. The van der Waals surface area contributed by atoms with E-state index in [4.69, 9.17) is 0 Å². The molecule has 0 fully saturated rings. The molecule has 0 amide bonds. The van der Waals surface area contributed by atoms with Crippen LogP contribution in [0, 0.1) is 0 Å². The molecule has 98 valence electrons. The third-order valence-corrected chi connectivity index (χ3v) is 5.71. The molecule has 2 aromatic heterocycles. The maximum atomic E-state index is 12.6. The Balaban J connectivity index is 2.55. The molecule has 0 aliphatic heterocycles. The number of aromatic nitrogens is 1. The van der Waals surface area contributed by atoms with E-state index in [9.17, 15) is 13.2 Å². The molecule has 0 saturated carbocycles. The topological polar surface area (TPSA) is 64.1 Å². The van der Waals surface area contributed by atoms with Gasteiger partial charge in [0, 0.05) is 12.4 Å². The number of hydrogen-bond acceptors (Lipinski definition) is 5. The van der Waals surface area contributed by atoms with Gasteiger partial charge in [-0.25, -0.2) is 8.42 Å². The second kappa shape index (κ2) is 5.46. The molecule has 2 rings (SSSR count). The Hall–Kier alpha value is -1.79. The van der Waals surface area contributed by atoms with Crippen LogP contribution in [-0.2, 0) is 9.84 Å². The largest absolute Gasteiger partial charge is 0.297 e. The average Bonchev–Trinajstić information content (AvgIpc) is 2.89. The fraction of sp³-hybridized carbons (Fsp3) is 0.0769. The summed E-state index contributed by atoms with van der Waals surface area (Å²) in [4.78, 5) is 15.0. The van der Waals surface area contributed by atoms with Crippen LogP contribution in [-0.4, -0.2) is 19.7 Å². The van der Waals surface area contributed by atoms with Crippen molar-refractivity contribution in [1.29, 1.82) is 0 Å². The molecular formula is C13H11NO3S2. The van der Waals surface area contributed by atoms with Crippen molar-refractivity contribution in [3.05, 3.63) is 59.1 Å². The van der Waals surface area contributed by atoms with Crippen LogP contribution in [0.3, 0.4) is 0 Å². The fourth-order valence-corrected chi connectivity index (χ4v) is 4.53. The molecule has 2 aromatic rings. The summed E-state index contributed by atoms with van der Waals surface area (Å²) in [6.07, 6.45) is 4.95. The molecule has 0 aliphatic rings. The Morgan fingerprint density at radius 2 is 2.16 bits per heavy atom. The smallest absolute Gasteiger partial charge is 0.190 e. The van der Waals surface area contributed by atoms with Gasteiger partial charge >= 0.3 is 0 Å². The van der Waals surface area contributed by atoms with Gasteiger partial charge in [-0.3, -0.25) is 9.78 Å². The van der Waals surface area contributed by atoms with Crippen molar-refractivity contribution in [3.8, 4) is 0 Å². The average molecular weight is 293 g/mol. The van der Waals surface area contributed by atoms with E-state index in [-0.39, 0.29) is 9.77 Å². The van der Waals surface area contributed by atoms with E-state index in [1.54, 1.807) is 23.7 Å². The lowest BCUT2D eigenvalue weighted by atomic mass is 10.2. The molecule has 0 bridgehead atoms. The van der Waals surface area contributed by atoms with Gasteiger partial charge in [-0.05, 0) is 23.1 Å². The van der Waals surface area contributed by atoms with Gasteiger partial charge in [0.25, 0.3) is 0 Å². The normalized spacial score (nSPS) is 12.8. The summed E-state index contributed by atoms with van der Waals surface area (Å²) >= 11 is 1.10. The van der Waals surface area contributed by atoms with Crippen molar-refractivity contribution in [3.63, 3.8) is 0 Å². The van der Waals surface area contributed by atoms with Gasteiger partial charge in [-0.15, -0.1) is 17.9 Å². The zero-order valence-electron chi connectivity index (χ0n) is 9.89. The quantitative estimate of drug-likeness (QED) is 0.628. The van der Waals surface area contributed by atoms with Crippen LogP contribution in [0.5, 0.6) is 0 Å². The van der Waals surface area contributed by atoms with Gasteiger partial charge in [0.1, 0.15) is 5.25 Å². The third kappa shape index (κ3) is 2.50. The summed E-state index contributed by atoms with van der Waals surface area (Å²) in [6, 6.07) is 4.77. The summed E-state index contributed by atoms with van der Waals surface area (Å²) in [5.74, 6) is 0. The lowest BCUT2D eigenvalue weighted by Gasteiger charge is -2.13. The highest BCUT2D eigenvalue weighted by Crippen LogP contribution is 2.32. The van der Waals surface area contributed by atoms with Crippen LogP contribution in [0.25, 0.3) is 0 Å². The zero-order chi connectivity index (χ0) is 13.9. The Morgan fingerprint density at radius 3 is 2.74 bits per heavy atom. The Bertz CT molecular complexity index is 690. The van der Waals surface area contributed by atoms with Crippen molar-refractivity contribution in [2.75, 3.05) is 0 Å². The van der Waals surface area contributed by atoms with E-state index in [0.717, 1.165) is 11.3 Å². The van der Waals surface area contributed by atoms with Gasteiger partial charge in [-0.1, -0.05) is 12.1 Å². The monoisotopic (exact) mass is 293 g/mol. The number of thiophene rings is 1. The molecule has 0 spiro atoms. The second-order valence-corrected chi connectivity index (χ2v) is 6.74. The Kier molecular flexibility index (Phi) is 3.92. The SMILES string of the molecule is C=CC(c1cccnc1)S(=O)(=O)c1ccsc1C=O. The van der Waals surface area contributed by atoms with Gasteiger partial charge in [0.05, 0.1) is 9.77 Å². The van der Waals surface area contributed by atoms with Gasteiger partial charge in [-0.2, -0.15) is 0 Å². The summed E-state index contributed by atoms with van der Waals surface area (Å²) in [6.45, 7) is 3.58. The van der Waals surface area contributed by atoms with Crippen molar-refractivity contribution in [1.82, 2.24) is 4.98 Å². The maximum Gasteiger partial charge on any atom is 0.190 e. The van der Waals surface area contributed by atoms with Crippen LogP contribution in [0.15, 0.2) is 53.5 Å². The van der Waals surface area contributed by atoms with E-state index >= 15 is 0 Å². The van der Waals surface area contributed by atoms with E-state index in [2.05, 4.69) is 11.6 Å². The van der Waals surface area contributed by atoms with E-state index in [1.807, 2.05) is 0 Å². The van der Waals surface area contributed by atoms with E-state index in [1.165, 1.54) is 18.3 Å². The van der Waals surface area contributed by atoms with Crippen LogP contribution in [0.1, 0.15) is 20.5 Å². The molecule has 19 heavy (non-hydrogen) atoms. The predicted octanol–water partition coefficient (Wildman–Crippen LogP) is 2.66. The van der Waals surface area contributed by atoms with Gasteiger partial charge in [0.15, 0.2) is 16.1 Å². The second-order valence-electron chi connectivity index (χ2n) is 3.75. The van der Waals surface area contributed by atoms with E-state index < -0.39 is 15.1 Å². The molecule has 0 radical (unpaired) electrons. The van der Waals surface area contributed by atoms with Crippen molar-refractivity contribution in [2.24, 2.45) is 0 Å². The minimum Gasteiger partial charge on any atom is -0.297 e. The van der Waals surface area contributed by atoms with Gasteiger partial charge < -0.3 is 0 Å². The Morgan fingerprint density at radius 1 is 1.37 bits per heavy atom. The first kappa shape index (κ1) is 13.6. The summed E-state index contributed by atoms with van der Waals surface area (Å²) in [7, 11) is -3.68. The summed E-state index contributed by atoms with van der Waals surface area (Å²) < 4.78 is 25.1. The fourth-order valence-electron chi connectivity index (χ4n) is 1.75. The lowest BCUT2D eigenvalue weighted by molar-refractivity contribution is 0.112. The molecule has 1 atom stereocenters. The van der Waals surface area contributed by atoms with Gasteiger partial charge in [0.2, 0.25) is 0 Å². The first-order chi connectivity index (χ1) is 9.11. The van der Waals surface area contributed by atoms with Crippen molar-refractivity contribution in [2.45, 2.75) is 10.1 Å². The summed E-state index contributed by atoms with van der Waals surface area (Å²) in [5.41, 5.74) is 0.528. The standard InChI is InChI=1S/C13H11NO3S2/c1-2-12(10-4-3-6-14-8-10)19(16,17)13-5-7-18-11(13)9-15/h2-9,12H,1H2. The predicted molar refractivity (Wildman–Crippen MR) is 74.1 cm³/mol. The highest BCUT2D eigenvalue weighted by atomic mass is 32.2. The molecule has 0 N–H and O–H groups in total. The number of rotatable bonds is 5. The van der Waals surface area contributed by atoms with Crippen molar-refractivity contribution >= 4 is 27.5 Å². The van der Waals surface area contributed by atoms with Crippen LogP contribution < -0.4 is 0 Å². The van der Waals surface area contributed by atoms with E-state index in [0.29, 0.717) is 11.8 Å². The molecule has 0 aromatic carbocycles. The number of carbonyl (C=O) groups excluding carboxylic acids is 1. The van der Waals surface area contributed by atoms with Crippen molar-refractivity contribution < 1.29 is 13.2 Å². The number of sulfone groups is 1. The number of pyridine rings is 1. The van der Waals surface area contributed by atoms with Crippen LogP contribution >= 0.6 is 11.3 Å². The Labute approximate surface area is 115 Å². The lowest BCUT2D eigenvalue weighted by Crippen LogP contribution is -2.12. The molecule has 6 heteroatoms. The highest BCUT2D eigenvalue weighted by Gasteiger charge is 2.29. The van der Waals surface area contributed by atoms with Crippen LogP contribution in [0.2, 0.25) is 0 Å². The summed E-state index contributed by atoms with van der Waals surface area (Å²) in [5, 5.41) is 0.675. The molecule has 2 heterocycles. The number of aldehydes is 1. The molecule has 1 unspecified atom stereocenters. The molecule has 4 nitrogen and oxygen atoms in total. The number of nitrogens with zero attached hydrogens (tertiary/aromatic N) is 1. The highest BCUT2D eigenvalue weighted by molar-refractivity contribution is 7.92. The number of carbonyl (C=O) groups is 1. The minimum absolute atomic E-state index is 0.0428. The minimum atomic E-state index is -3.68. The third-order valence-electron chi connectivity index (χ3n) is 2.63.